The molecule has 0 radical (unpaired) electrons. The van der Waals surface area contributed by atoms with Gasteiger partial charge in [0, 0.05) is 17.2 Å². The molecule has 0 aromatic heterocycles. The van der Waals surface area contributed by atoms with Crippen LogP contribution in [0.2, 0.25) is 5.02 Å². The average molecular weight is 459 g/mol. The smallest absolute Gasteiger partial charge is 0.344 e. The minimum Gasteiger partial charge on any atom is -0.477 e. The van der Waals surface area contributed by atoms with Crippen LogP contribution >= 0.6 is 11.6 Å². The zero-order valence-corrected chi connectivity index (χ0v) is 17.2. The molecule has 3 rings (SSSR count). The second-order valence-electron chi connectivity index (χ2n) is 6.07. The number of hydrogen-bond acceptors (Lipinski definition) is 7. The Kier molecular flexibility index (Phi) is 7.97. The predicted octanol–water partition coefficient (Wildman–Crippen LogP) is 4.99. The average Bonchev–Trinajstić information content (AvgIpc) is 2.79. The molecule has 164 valence electrons. The van der Waals surface area contributed by atoms with Gasteiger partial charge in [-0.2, -0.15) is 0 Å². The molecule has 0 spiro atoms. The zero-order valence-electron chi connectivity index (χ0n) is 16.4. The van der Waals surface area contributed by atoms with E-state index in [9.17, 15) is 29.8 Å². The van der Waals surface area contributed by atoms with Crippen LogP contribution < -0.4 is 0 Å². The van der Waals surface area contributed by atoms with Crippen LogP contribution in [-0.2, 0) is 4.74 Å². The monoisotopic (exact) mass is 458 g/mol. The van der Waals surface area contributed by atoms with Crippen molar-refractivity contribution in [2.75, 3.05) is 7.11 Å². The van der Waals surface area contributed by atoms with Gasteiger partial charge in [0.05, 0.1) is 17.0 Å². The molecule has 0 saturated carbocycles. The van der Waals surface area contributed by atoms with Crippen LogP contribution in [0.3, 0.4) is 0 Å². The van der Waals surface area contributed by atoms with Crippen molar-refractivity contribution in [2.45, 2.75) is 0 Å². The molecular formula is C21H15ClN2O8. The number of carbonyl (C=O) groups excluding carboxylic acids is 1. The van der Waals surface area contributed by atoms with Crippen molar-refractivity contribution in [1.82, 2.24) is 0 Å². The fourth-order valence-corrected chi connectivity index (χ4v) is 2.78. The van der Waals surface area contributed by atoms with Gasteiger partial charge in [-0.15, -0.1) is 0 Å². The topological polar surface area (TPSA) is 150 Å². The number of carboxylic acids is 1. The van der Waals surface area contributed by atoms with E-state index in [0.29, 0.717) is 5.56 Å². The van der Waals surface area contributed by atoms with E-state index in [1.54, 1.807) is 18.2 Å². The molecule has 0 fully saturated rings. The summed E-state index contributed by atoms with van der Waals surface area (Å²) in [7, 11) is 1.15. The first-order valence-electron chi connectivity index (χ1n) is 8.75. The highest BCUT2D eigenvalue weighted by atomic mass is 35.5. The number of nitro groups is 2. The molecule has 1 N–H and O–H groups in total. The number of carboxylic acid groups (broad SMARTS) is 1. The Hall–Kier alpha value is -4.31. The van der Waals surface area contributed by atoms with Crippen molar-refractivity contribution in [3.63, 3.8) is 0 Å². The molecule has 0 aliphatic heterocycles. The summed E-state index contributed by atoms with van der Waals surface area (Å²) in [5, 5.41) is 30.5. The van der Waals surface area contributed by atoms with Gasteiger partial charge in [0.2, 0.25) is 0 Å². The van der Waals surface area contributed by atoms with Crippen molar-refractivity contribution in [3.05, 3.63) is 103 Å². The molecule has 3 aromatic rings. The molecule has 10 nitrogen and oxygen atoms in total. The molecule has 3 aromatic carbocycles. The van der Waals surface area contributed by atoms with Crippen LogP contribution in [0.5, 0.6) is 0 Å². The van der Waals surface area contributed by atoms with Crippen molar-refractivity contribution in [1.29, 1.82) is 0 Å². The Labute approximate surface area is 185 Å². The number of esters is 1. The lowest BCUT2D eigenvalue weighted by Gasteiger charge is -2.03. The molecule has 0 atom stereocenters. The Morgan fingerprint density at radius 2 is 1.41 bits per heavy atom. The highest BCUT2D eigenvalue weighted by Gasteiger charge is 2.21. The summed E-state index contributed by atoms with van der Waals surface area (Å²) in [6.45, 7) is 0. The second-order valence-corrected chi connectivity index (χ2v) is 6.51. The summed E-state index contributed by atoms with van der Waals surface area (Å²) in [6, 6.07) is 16.9. The fraction of sp³-hybridized carbons (Fsp3) is 0.0476. The Balaban J connectivity index is 0.000000235. The first-order chi connectivity index (χ1) is 15.1. The Bertz CT molecular complexity index is 1180. The largest absolute Gasteiger partial charge is 0.477 e. The number of halogens is 1. The standard InChI is InChI=1S/C13H9NO4.C8H6ClNO4/c15-13(16)11-7-6-10(8-12(11)14(17)18)9-4-2-1-3-5-9;1-14-8(11)6-3-2-5(9)4-7(6)10(12)13/h1-8H,(H,15,16);2-4H,1H3. The van der Waals surface area contributed by atoms with Crippen LogP contribution in [0, 0.1) is 20.2 Å². The molecule has 0 saturated heterocycles. The fourth-order valence-electron chi connectivity index (χ4n) is 2.61. The third kappa shape index (κ3) is 5.86. The molecule has 32 heavy (non-hydrogen) atoms. The molecule has 0 bridgehead atoms. The Morgan fingerprint density at radius 3 is 1.94 bits per heavy atom. The number of carbonyl (C=O) groups is 2. The van der Waals surface area contributed by atoms with Gasteiger partial charge in [-0.3, -0.25) is 20.2 Å². The third-order valence-corrected chi connectivity index (χ3v) is 4.33. The molecule has 0 heterocycles. The maximum absolute atomic E-state index is 11.1. The van der Waals surface area contributed by atoms with E-state index in [1.807, 2.05) is 18.2 Å². The van der Waals surface area contributed by atoms with Gasteiger partial charge >= 0.3 is 11.9 Å². The summed E-state index contributed by atoms with van der Waals surface area (Å²) < 4.78 is 4.38. The first-order valence-corrected chi connectivity index (χ1v) is 9.13. The van der Waals surface area contributed by atoms with Gasteiger partial charge in [0.25, 0.3) is 11.4 Å². The van der Waals surface area contributed by atoms with E-state index >= 15 is 0 Å². The molecule has 0 aliphatic rings. The van der Waals surface area contributed by atoms with Crippen LogP contribution in [0.4, 0.5) is 11.4 Å². The minimum atomic E-state index is -1.30. The predicted molar refractivity (Wildman–Crippen MR) is 115 cm³/mol. The summed E-state index contributed by atoms with van der Waals surface area (Å²) in [5.74, 6) is -2.06. The molecule has 0 unspecified atom stereocenters. The first kappa shape index (κ1) is 24.0. The highest BCUT2D eigenvalue weighted by molar-refractivity contribution is 6.31. The third-order valence-electron chi connectivity index (χ3n) is 4.09. The number of benzene rings is 3. The van der Waals surface area contributed by atoms with E-state index in [2.05, 4.69) is 4.74 Å². The number of nitro benzene ring substituents is 2. The van der Waals surface area contributed by atoms with Gasteiger partial charge in [0.15, 0.2) is 0 Å². The lowest BCUT2D eigenvalue weighted by atomic mass is 10.0. The number of nitrogens with zero attached hydrogens (tertiary/aromatic N) is 2. The van der Waals surface area contributed by atoms with Crippen molar-refractivity contribution in [2.24, 2.45) is 0 Å². The van der Waals surface area contributed by atoms with Gasteiger partial charge in [-0.1, -0.05) is 48.0 Å². The Morgan fingerprint density at radius 1 is 0.844 bits per heavy atom. The SMILES string of the molecule is COC(=O)c1ccc(Cl)cc1[N+](=O)[O-].O=C(O)c1ccc(-c2ccccc2)cc1[N+](=O)[O-]. The molecular weight excluding hydrogens is 444 g/mol. The van der Waals surface area contributed by atoms with Gasteiger partial charge < -0.3 is 9.84 Å². The number of rotatable bonds is 5. The van der Waals surface area contributed by atoms with E-state index in [-0.39, 0.29) is 21.8 Å². The number of methoxy groups -OCH3 is 1. The van der Waals surface area contributed by atoms with Gasteiger partial charge in [0.1, 0.15) is 11.1 Å². The van der Waals surface area contributed by atoms with E-state index in [4.69, 9.17) is 16.7 Å². The number of ether oxygens (including phenoxy) is 1. The van der Waals surface area contributed by atoms with Crippen LogP contribution in [-0.4, -0.2) is 34.0 Å². The van der Waals surface area contributed by atoms with Crippen LogP contribution in [0.15, 0.2) is 66.7 Å². The van der Waals surface area contributed by atoms with Gasteiger partial charge in [-0.25, -0.2) is 9.59 Å². The van der Waals surface area contributed by atoms with E-state index in [0.717, 1.165) is 18.7 Å². The minimum absolute atomic E-state index is 0.109. The van der Waals surface area contributed by atoms with Crippen LogP contribution in [0.1, 0.15) is 20.7 Å². The van der Waals surface area contributed by atoms with Crippen molar-refractivity contribution in [3.8, 4) is 11.1 Å². The zero-order chi connectivity index (χ0) is 23.8. The summed E-state index contributed by atoms with van der Waals surface area (Å²) in [4.78, 5) is 42.0. The van der Waals surface area contributed by atoms with Crippen molar-refractivity contribution >= 4 is 34.9 Å². The van der Waals surface area contributed by atoms with Gasteiger partial charge in [-0.05, 0) is 29.3 Å². The lowest BCUT2D eigenvalue weighted by Crippen LogP contribution is -2.05. The van der Waals surface area contributed by atoms with E-state index < -0.39 is 27.5 Å². The quantitative estimate of drug-likeness (QED) is 0.319. The molecule has 0 amide bonds. The van der Waals surface area contributed by atoms with E-state index in [1.165, 1.54) is 24.3 Å². The number of hydrogen-bond donors (Lipinski definition) is 1. The lowest BCUT2D eigenvalue weighted by molar-refractivity contribution is -0.385. The summed E-state index contributed by atoms with van der Waals surface area (Å²) in [5.41, 5.74) is 0.250. The maximum Gasteiger partial charge on any atom is 0.344 e. The molecule has 0 aliphatic carbocycles. The summed E-state index contributed by atoms with van der Waals surface area (Å²) in [6.07, 6.45) is 0. The second kappa shape index (κ2) is 10.6. The highest BCUT2D eigenvalue weighted by Crippen LogP contribution is 2.27. The molecule has 11 heteroatoms. The van der Waals surface area contributed by atoms with Crippen molar-refractivity contribution < 1.29 is 29.3 Å². The normalized spacial score (nSPS) is 9.81. The number of aromatic carboxylic acids is 1. The van der Waals surface area contributed by atoms with Crippen LogP contribution in [0.25, 0.3) is 11.1 Å². The summed E-state index contributed by atoms with van der Waals surface area (Å²) >= 11 is 5.55. The maximum atomic E-state index is 11.1.